The Morgan fingerprint density at radius 3 is 2.04 bits per heavy atom. The maximum Gasteiger partial charge on any atom is 0.329 e. The molecule has 2 aromatic carbocycles. The van der Waals surface area contributed by atoms with Crippen LogP contribution in [-0.2, 0) is 14.1 Å². The fourth-order valence-electron chi connectivity index (χ4n) is 3.20. The third kappa shape index (κ3) is 3.20. The highest BCUT2D eigenvalue weighted by molar-refractivity contribution is 5.59. The second-order valence-electron chi connectivity index (χ2n) is 6.51. The minimum atomic E-state index is -0.0949. The minimum absolute atomic E-state index is 0.0949. The number of aromatic nitrogens is 2. The molecule has 25 heavy (non-hydrogen) atoms. The predicted octanol–water partition coefficient (Wildman–Crippen LogP) is 3.55. The molecule has 3 aromatic rings. The van der Waals surface area contributed by atoms with Gasteiger partial charge in [0.25, 0.3) is 0 Å². The first-order valence-electron chi connectivity index (χ1n) is 8.33. The first kappa shape index (κ1) is 17.0. The van der Waals surface area contributed by atoms with Crippen LogP contribution in [0.25, 0.3) is 11.3 Å². The first-order valence-corrected chi connectivity index (χ1v) is 8.33. The highest BCUT2D eigenvalue weighted by Crippen LogP contribution is 2.24. The molecule has 1 aromatic heterocycles. The van der Waals surface area contributed by atoms with Crippen molar-refractivity contribution in [3.63, 3.8) is 0 Å². The van der Waals surface area contributed by atoms with Crippen LogP contribution in [-0.4, -0.2) is 9.13 Å². The molecule has 0 amide bonds. The number of nitrogens with zero attached hydrogens (tertiary/aromatic N) is 3. The van der Waals surface area contributed by atoms with E-state index in [0.717, 1.165) is 28.1 Å². The molecule has 0 saturated heterocycles. The van der Waals surface area contributed by atoms with E-state index in [4.69, 9.17) is 4.99 Å². The van der Waals surface area contributed by atoms with E-state index in [2.05, 4.69) is 32.9 Å². The van der Waals surface area contributed by atoms with Crippen LogP contribution in [0.5, 0.6) is 0 Å². The molecule has 0 aliphatic rings. The van der Waals surface area contributed by atoms with Gasteiger partial charge in [-0.3, -0.25) is 9.13 Å². The Labute approximate surface area is 147 Å². The van der Waals surface area contributed by atoms with Gasteiger partial charge in [-0.05, 0) is 37.5 Å². The number of hydrogen-bond donors (Lipinski definition) is 0. The zero-order valence-electron chi connectivity index (χ0n) is 15.4. The van der Waals surface area contributed by atoms with Crippen molar-refractivity contribution in [3.05, 3.63) is 81.2 Å². The van der Waals surface area contributed by atoms with Gasteiger partial charge in [0.1, 0.15) is 5.49 Å². The van der Waals surface area contributed by atoms with Crippen LogP contribution in [0, 0.1) is 20.8 Å². The zero-order chi connectivity index (χ0) is 18.1. The molecule has 0 fully saturated rings. The SMILES string of the molecule is Cc1cc(C)c(N=c2cc(-c3ccccc3)n(C)c(=O)n2C)c(C)c1. The molecule has 0 atom stereocenters. The van der Waals surface area contributed by atoms with Crippen molar-refractivity contribution >= 4 is 5.69 Å². The molecule has 0 spiro atoms. The topological polar surface area (TPSA) is 39.3 Å². The van der Waals surface area contributed by atoms with Crippen LogP contribution in [0.15, 0.2) is 58.3 Å². The summed E-state index contributed by atoms with van der Waals surface area (Å²) in [6, 6.07) is 16.1. The molecule has 0 aliphatic heterocycles. The van der Waals surface area contributed by atoms with Gasteiger partial charge in [-0.15, -0.1) is 0 Å². The van der Waals surface area contributed by atoms with Gasteiger partial charge in [0.15, 0.2) is 0 Å². The summed E-state index contributed by atoms with van der Waals surface area (Å²) in [7, 11) is 3.55. The van der Waals surface area contributed by atoms with E-state index in [-0.39, 0.29) is 5.69 Å². The second-order valence-corrected chi connectivity index (χ2v) is 6.51. The molecule has 0 saturated carbocycles. The lowest BCUT2D eigenvalue weighted by Gasteiger charge is -2.12. The summed E-state index contributed by atoms with van der Waals surface area (Å²) < 4.78 is 3.24. The van der Waals surface area contributed by atoms with Crippen molar-refractivity contribution < 1.29 is 0 Å². The van der Waals surface area contributed by atoms with Crippen LogP contribution in [0.2, 0.25) is 0 Å². The Bertz CT molecular complexity index is 1030. The predicted molar refractivity (Wildman–Crippen MR) is 102 cm³/mol. The van der Waals surface area contributed by atoms with E-state index in [9.17, 15) is 4.79 Å². The third-order valence-electron chi connectivity index (χ3n) is 4.48. The van der Waals surface area contributed by atoms with Crippen LogP contribution in [0.4, 0.5) is 5.69 Å². The molecule has 0 unspecified atom stereocenters. The fourth-order valence-corrected chi connectivity index (χ4v) is 3.20. The Hall–Kier alpha value is -2.88. The van der Waals surface area contributed by atoms with E-state index in [0.29, 0.717) is 5.49 Å². The van der Waals surface area contributed by atoms with Gasteiger partial charge in [-0.1, -0.05) is 48.0 Å². The normalized spacial score (nSPS) is 11.8. The van der Waals surface area contributed by atoms with E-state index < -0.39 is 0 Å². The summed E-state index contributed by atoms with van der Waals surface area (Å²) in [6.45, 7) is 6.19. The van der Waals surface area contributed by atoms with Crippen molar-refractivity contribution in [2.24, 2.45) is 19.1 Å². The van der Waals surface area contributed by atoms with E-state index in [1.807, 2.05) is 36.4 Å². The molecule has 4 heteroatoms. The monoisotopic (exact) mass is 333 g/mol. The zero-order valence-corrected chi connectivity index (χ0v) is 15.4. The molecule has 0 N–H and O–H groups in total. The van der Waals surface area contributed by atoms with Crippen LogP contribution < -0.4 is 11.2 Å². The van der Waals surface area contributed by atoms with Gasteiger partial charge >= 0.3 is 5.69 Å². The Balaban J connectivity index is 2.32. The molecule has 0 aliphatic carbocycles. The summed E-state index contributed by atoms with van der Waals surface area (Å²) in [4.78, 5) is 17.5. The summed E-state index contributed by atoms with van der Waals surface area (Å²) in [5, 5.41) is 0. The Morgan fingerprint density at radius 1 is 0.840 bits per heavy atom. The van der Waals surface area contributed by atoms with Crippen molar-refractivity contribution in [2.45, 2.75) is 20.8 Å². The van der Waals surface area contributed by atoms with Gasteiger partial charge in [-0.2, -0.15) is 0 Å². The number of hydrogen-bond acceptors (Lipinski definition) is 2. The Morgan fingerprint density at radius 2 is 1.44 bits per heavy atom. The quantitative estimate of drug-likeness (QED) is 0.707. The van der Waals surface area contributed by atoms with E-state index in [1.165, 1.54) is 5.56 Å². The lowest BCUT2D eigenvalue weighted by atomic mass is 10.1. The van der Waals surface area contributed by atoms with Gasteiger partial charge < -0.3 is 0 Å². The second kappa shape index (κ2) is 6.55. The molecule has 3 rings (SSSR count). The van der Waals surface area contributed by atoms with Gasteiger partial charge in [0, 0.05) is 20.2 Å². The smallest absolute Gasteiger partial charge is 0.296 e. The fraction of sp³-hybridized carbons (Fsp3) is 0.238. The number of aryl methyl sites for hydroxylation is 3. The summed E-state index contributed by atoms with van der Waals surface area (Å²) in [5.74, 6) is 0. The van der Waals surface area contributed by atoms with Crippen LogP contribution in [0.3, 0.4) is 0 Å². The maximum atomic E-state index is 12.7. The van der Waals surface area contributed by atoms with E-state index >= 15 is 0 Å². The lowest BCUT2D eigenvalue weighted by Crippen LogP contribution is -2.37. The molecule has 4 nitrogen and oxygen atoms in total. The molecule has 0 radical (unpaired) electrons. The first-order chi connectivity index (χ1) is 11.9. The summed E-state index contributed by atoms with van der Waals surface area (Å²) in [6.07, 6.45) is 0. The molecule has 128 valence electrons. The average molecular weight is 333 g/mol. The van der Waals surface area contributed by atoms with Crippen molar-refractivity contribution in [1.29, 1.82) is 0 Å². The summed E-state index contributed by atoms with van der Waals surface area (Å²) >= 11 is 0. The highest BCUT2D eigenvalue weighted by Gasteiger charge is 2.08. The van der Waals surface area contributed by atoms with Crippen molar-refractivity contribution in [3.8, 4) is 11.3 Å². The lowest BCUT2D eigenvalue weighted by molar-refractivity contribution is 0.681. The molecular weight excluding hydrogens is 310 g/mol. The van der Waals surface area contributed by atoms with E-state index in [1.54, 1.807) is 23.2 Å². The maximum absolute atomic E-state index is 12.7. The minimum Gasteiger partial charge on any atom is -0.296 e. The average Bonchev–Trinajstić information content (AvgIpc) is 2.58. The van der Waals surface area contributed by atoms with Crippen LogP contribution >= 0.6 is 0 Å². The molecule has 0 bridgehead atoms. The number of rotatable bonds is 2. The van der Waals surface area contributed by atoms with Gasteiger partial charge in [0.2, 0.25) is 0 Å². The molecule has 1 heterocycles. The third-order valence-corrected chi connectivity index (χ3v) is 4.48. The number of benzene rings is 2. The van der Waals surface area contributed by atoms with Crippen molar-refractivity contribution in [1.82, 2.24) is 9.13 Å². The van der Waals surface area contributed by atoms with Gasteiger partial charge in [-0.25, -0.2) is 9.79 Å². The summed E-state index contributed by atoms with van der Waals surface area (Å²) in [5.41, 5.74) is 6.76. The van der Waals surface area contributed by atoms with Gasteiger partial charge in [0.05, 0.1) is 11.4 Å². The Kier molecular flexibility index (Phi) is 4.45. The standard InChI is InChI=1S/C21H23N3O/c1-14-11-15(2)20(16(3)12-14)22-19-13-18(17-9-7-6-8-10-17)23(4)21(25)24(19)5/h6-13H,1-5H3. The largest absolute Gasteiger partial charge is 0.329 e. The molecular formula is C21H23N3O. The van der Waals surface area contributed by atoms with Crippen LogP contribution in [0.1, 0.15) is 16.7 Å². The van der Waals surface area contributed by atoms with Crippen molar-refractivity contribution in [2.75, 3.05) is 0 Å². The highest BCUT2D eigenvalue weighted by atomic mass is 16.1.